The van der Waals surface area contributed by atoms with Crippen molar-refractivity contribution < 1.29 is 15.3 Å². The van der Waals surface area contributed by atoms with Gasteiger partial charge in [0.25, 0.3) is 0 Å². The maximum absolute atomic E-state index is 9.61. The Balaban J connectivity index is 4.22. The first kappa shape index (κ1) is 13.2. The van der Waals surface area contributed by atoms with Crippen molar-refractivity contribution in [3.63, 3.8) is 0 Å². The summed E-state index contributed by atoms with van der Waals surface area (Å²) in [5, 5.41) is 27.8. The van der Waals surface area contributed by atoms with Gasteiger partial charge in [0.15, 0.2) is 0 Å². The molecule has 3 N–H and O–H groups in total. The first-order valence-electron chi connectivity index (χ1n) is 4.70. The highest BCUT2D eigenvalue weighted by Gasteiger charge is 2.23. The molecule has 0 aliphatic carbocycles. The number of hydrogen-bond acceptors (Lipinski definition) is 3. The van der Waals surface area contributed by atoms with Gasteiger partial charge in [0.05, 0.1) is 12.2 Å². The summed E-state index contributed by atoms with van der Waals surface area (Å²) in [6, 6.07) is 0. The van der Waals surface area contributed by atoms with Crippen LogP contribution in [0.5, 0.6) is 0 Å². The van der Waals surface area contributed by atoms with E-state index in [2.05, 4.69) is 12.5 Å². The van der Waals surface area contributed by atoms with Crippen LogP contribution >= 0.6 is 0 Å². The van der Waals surface area contributed by atoms with E-state index in [4.69, 9.17) is 11.5 Å². The second kappa shape index (κ2) is 7.57. The lowest BCUT2D eigenvalue weighted by Gasteiger charge is -2.24. The molecule has 0 saturated carbocycles. The molecular formula is C11H18O3. The Morgan fingerprint density at radius 1 is 1.43 bits per heavy atom. The molecule has 0 aromatic rings. The molecule has 14 heavy (non-hydrogen) atoms. The minimum atomic E-state index is -0.773. The molecule has 0 fully saturated rings. The fourth-order valence-electron chi connectivity index (χ4n) is 1.36. The third-order valence-corrected chi connectivity index (χ3v) is 2.20. The standard InChI is InChI=1S/C11H18O3/c1-3-6-11(14)9(7-5-8-12)10(13)4-2/h1,4,9-14H,2,5-8H2/t9-,10-,11-/m1/s1. The lowest BCUT2D eigenvalue weighted by Crippen LogP contribution is -2.30. The lowest BCUT2D eigenvalue weighted by atomic mass is 9.89. The largest absolute Gasteiger partial charge is 0.396 e. The van der Waals surface area contributed by atoms with Crippen LogP contribution in [0.15, 0.2) is 12.7 Å². The van der Waals surface area contributed by atoms with Crippen molar-refractivity contribution in [3.05, 3.63) is 12.7 Å². The van der Waals surface area contributed by atoms with Crippen LogP contribution in [0.1, 0.15) is 19.3 Å². The summed E-state index contributed by atoms with van der Waals surface area (Å²) < 4.78 is 0. The molecule has 0 aromatic heterocycles. The molecule has 0 aliphatic heterocycles. The van der Waals surface area contributed by atoms with Crippen LogP contribution in [0.4, 0.5) is 0 Å². The number of aliphatic hydroxyl groups excluding tert-OH is 3. The Bertz CT molecular complexity index is 195. The molecular weight excluding hydrogens is 180 g/mol. The zero-order valence-electron chi connectivity index (χ0n) is 8.26. The molecule has 0 radical (unpaired) electrons. The maximum Gasteiger partial charge on any atom is 0.0771 e. The van der Waals surface area contributed by atoms with Gasteiger partial charge in [0, 0.05) is 18.9 Å². The average molecular weight is 198 g/mol. The van der Waals surface area contributed by atoms with Crippen molar-refractivity contribution >= 4 is 0 Å². The van der Waals surface area contributed by atoms with Gasteiger partial charge in [-0.15, -0.1) is 18.9 Å². The molecule has 3 heteroatoms. The summed E-state index contributed by atoms with van der Waals surface area (Å²) in [7, 11) is 0. The maximum atomic E-state index is 9.61. The smallest absolute Gasteiger partial charge is 0.0771 e. The fourth-order valence-corrected chi connectivity index (χ4v) is 1.36. The summed E-state index contributed by atoms with van der Waals surface area (Å²) in [6.07, 6.45) is 6.22. The van der Waals surface area contributed by atoms with Gasteiger partial charge in [0.2, 0.25) is 0 Å². The number of terminal acetylenes is 1. The van der Waals surface area contributed by atoms with E-state index in [0.717, 1.165) is 0 Å². The van der Waals surface area contributed by atoms with Gasteiger partial charge < -0.3 is 15.3 Å². The van der Waals surface area contributed by atoms with Crippen molar-refractivity contribution in [3.8, 4) is 12.3 Å². The Morgan fingerprint density at radius 3 is 2.50 bits per heavy atom. The molecule has 0 aromatic carbocycles. The SMILES string of the molecule is C#CC[C@@H](O)[C@H](CCCO)[C@H](O)C=C. The van der Waals surface area contributed by atoms with E-state index in [0.29, 0.717) is 12.8 Å². The predicted octanol–water partition coefficient (Wildman–Crippen LogP) is 0.306. The summed E-state index contributed by atoms with van der Waals surface area (Å²) >= 11 is 0. The number of hydrogen-bond donors (Lipinski definition) is 3. The van der Waals surface area contributed by atoms with Gasteiger partial charge in [-0.1, -0.05) is 6.08 Å². The molecule has 0 spiro atoms. The van der Waals surface area contributed by atoms with Crippen molar-refractivity contribution in [1.29, 1.82) is 0 Å². The van der Waals surface area contributed by atoms with Crippen molar-refractivity contribution in [2.45, 2.75) is 31.5 Å². The van der Waals surface area contributed by atoms with Gasteiger partial charge in [-0.05, 0) is 12.8 Å². The molecule has 0 heterocycles. The van der Waals surface area contributed by atoms with Gasteiger partial charge in [-0.2, -0.15) is 0 Å². The third-order valence-electron chi connectivity index (χ3n) is 2.20. The van der Waals surface area contributed by atoms with E-state index in [1.165, 1.54) is 6.08 Å². The van der Waals surface area contributed by atoms with E-state index in [-0.39, 0.29) is 18.9 Å². The van der Waals surface area contributed by atoms with E-state index in [1.807, 2.05) is 0 Å². The Labute approximate surface area is 85.1 Å². The number of rotatable bonds is 7. The summed E-state index contributed by atoms with van der Waals surface area (Å²) in [4.78, 5) is 0. The Hall–Kier alpha value is -0.820. The van der Waals surface area contributed by atoms with E-state index in [9.17, 15) is 10.2 Å². The van der Waals surface area contributed by atoms with Gasteiger partial charge in [-0.25, -0.2) is 0 Å². The monoisotopic (exact) mass is 198 g/mol. The lowest BCUT2D eigenvalue weighted by molar-refractivity contribution is 0.0302. The van der Waals surface area contributed by atoms with E-state index in [1.54, 1.807) is 0 Å². The van der Waals surface area contributed by atoms with Crippen LogP contribution in [-0.4, -0.2) is 34.1 Å². The van der Waals surface area contributed by atoms with Crippen LogP contribution in [0.3, 0.4) is 0 Å². The fraction of sp³-hybridized carbons (Fsp3) is 0.636. The molecule has 80 valence electrons. The van der Waals surface area contributed by atoms with E-state index >= 15 is 0 Å². The first-order valence-corrected chi connectivity index (χ1v) is 4.70. The van der Waals surface area contributed by atoms with Gasteiger partial charge in [0.1, 0.15) is 0 Å². The third kappa shape index (κ3) is 4.43. The molecule has 0 saturated heterocycles. The van der Waals surface area contributed by atoms with Crippen molar-refractivity contribution in [2.24, 2.45) is 5.92 Å². The van der Waals surface area contributed by atoms with Crippen LogP contribution in [0, 0.1) is 18.3 Å². The van der Waals surface area contributed by atoms with Gasteiger partial charge >= 0.3 is 0 Å². The molecule has 3 atom stereocenters. The highest BCUT2D eigenvalue weighted by molar-refractivity contribution is 4.94. The molecule has 3 nitrogen and oxygen atoms in total. The predicted molar refractivity (Wildman–Crippen MR) is 55.5 cm³/mol. The molecule has 0 rings (SSSR count). The van der Waals surface area contributed by atoms with E-state index < -0.39 is 12.2 Å². The van der Waals surface area contributed by atoms with Crippen LogP contribution < -0.4 is 0 Å². The highest BCUT2D eigenvalue weighted by atomic mass is 16.3. The van der Waals surface area contributed by atoms with Crippen molar-refractivity contribution in [2.75, 3.05) is 6.61 Å². The summed E-state index contributed by atoms with van der Waals surface area (Å²) in [5.74, 6) is 2.01. The minimum Gasteiger partial charge on any atom is -0.396 e. The van der Waals surface area contributed by atoms with Crippen molar-refractivity contribution in [1.82, 2.24) is 0 Å². The molecule has 0 amide bonds. The molecule has 0 bridgehead atoms. The number of aliphatic hydroxyl groups is 3. The molecule has 0 aliphatic rings. The minimum absolute atomic E-state index is 0.0448. The first-order chi connectivity index (χ1) is 6.67. The van der Waals surface area contributed by atoms with Crippen LogP contribution in [0.25, 0.3) is 0 Å². The Morgan fingerprint density at radius 2 is 2.07 bits per heavy atom. The second-order valence-electron chi connectivity index (χ2n) is 3.23. The summed E-state index contributed by atoms with van der Waals surface area (Å²) in [6.45, 7) is 3.50. The normalized spacial score (nSPS) is 16.7. The Kier molecular flexibility index (Phi) is 7.13. The molecule has 0 unspecified atom stereocenters. The van der Waals surface area contributed by atoms with Gasteiger partial charge in [-0.3, -0.25) is 0 Å². The quantitative estimate of drug-likeness (QED) is 0.407. The van der Waals surface area contributed by atoms with Crippen LogP contribution in [-0.2, 0) is 0 Å². The average Bonchev–Trinajstić information content (AvgIpc) is 2.18. The zero-order valence-corrected chi connectivity index (χ0v) is 8.26. The zero-order chi connectivity index (χ0) is 11.0. The second-order valence-corrected chi connectivity index (χ2v) is 3.23. The van der Waals surface area contributed by atoms with Crippen LogP contribution in [0.2, 0.25) is 0 Å². The highest BCUT2D eigenvalue weighted by Crippen LogP contribution is 2.19. The summed E-state index contributed by atoms with van der Waals surface area (Å²) in [5.41, 5.74) is 0. The topological polar surface area (TPSA) is 60.7 Å².